The van der Waals surface area contributed by atoms with Crippen LogP contribution in [0.3, 0.4) is 0 Å². The summed E-state index contributed by atoms with van der Waals surface area (Å²) in [5, 5.41) is 7.03. The summed E-state index contributed by atoms with van der Waals surface area (Å²) in [7, 11) is 0. The highest BCUT2D eigenvalue weighted by Crippen LogP contribution is 2.21. The summed E-state index contributed by atoms with van der Waals surface area (Å²) in [4.78, 5) is 5.38. The van der Waals surface area contributed by atoms with Crippen LogP contribution in [-0.2, 0) is 0 Å². The molecule has 0 unspecified atom stereocenters. The van der Waals surface area contributed by atoms with Gasteiger partial charge in [0.2, 0.25) is 0 Å². The van der Waals surface area contributed by atoms with Gasteiger partial charge >= 0.3 is 0 Å². The lowest BCUT2D eigenvalue weighted by Gasteiger charge is -2.20. The third-order valence-corrected chi connectivity index (χ3v) is 1.73. The van der Waals surface area contributed by atoms with E-state index in [1.165, 1.54) is 0 Å². The fourth-order valence-corrected chi connectivity index (χ4v) is 0.922. The molecule has 0 aromatic rings. The lowest BCUT2D eigenvalue weighted by atomic mass is 9.95. The van der Waals surface area contributed by atoms with E-state index < -0.39 is 5.54 Å². The van der Waals surface area contributed by atoms with E-state index in [9.17, 15) is 0 Å². The van der Waals surface area contributed by atoms with Crippen LogP contribution in [0, 0.1) is 0 Å². The minimum atomic E-state index is -0.627. The van der Waals surface area contributed by atoms with Gasteiger partial charge in [0.05, 0.1) is 5.54 Å². The molecule has 0 saturated heterocycles. The second-order valence-corrected chi connectivity index (χ2v) is 2.95. The molecule has 70 valence electrons. The van der Waals surface area contributed by atoms with E-state index >= 15 is 0 Å². The van der Waals surface area contributed by atoms with Crippen molar-refractivity contribution in [2.24, 2.45) is 10.2 Å². The molecule has 0 aliphatic carbocycles. The van der Waals surface area contributed by atoms with Crippen molar-refractivity contribution in [1.82, 2.24) is 0 Å². The standard InChI is InChI=1S/C7H12N6/c1-4-6(5-10-12-8)7(2,3)11-13-9/h4H,5H2,1-3H3. The van der Waals surface area contributed by atoms with Gasteiger partial charge in [-0.1, -0.05) is 35.7 Å². The summed E-state index contributed by atoms with van der Waals surface area (Å²) >= 11 is 0. The fourth-order valence-electron chi connectivity index (χ4n) is 0.922. The summed E-state index contributed by atoms with van der Waals surface area (Å²) in [6.07, 6.45) is 1.80. The van der Waals surface area contributed by atoms with Gasteiger partial charge in [-0.15, -0.1) is 0 Å². The fraction of sp³-hybridized carbons (Fsp3) is 0.714. The minimum absolute atomic E-state index is 0.235. The Morgan fingerprint density at radius 3 is 2.38 bits per heavy atom. The first kappa shape index (κ1) is 11.4. The molecule has 0 aromatic carbocycles. The molecule has 6 heteroatoms. The predicted molar refractivity (Wildman–Crippen MR) is 51.0 cm³/mol. The number of hydrogen-bond donors (Lipinski definition) is 0. The zero-order chi connectivity index (χ0) is 10.3. The predicted octanol–water partition coefficient (Wildman–Crippen LogP) is 3.33. The molecule has 0 rings (SSSR count). The molecule has 0 saturated carbocycles. The zero-order valence-electron chi connectivity index (χ0n) is 7.97. The second-order valence-electron chi connectivity index (χ2n) is 2.95. The monoisotopic (exact) mass is 180 g/mol. The SMILES string of the molecule is CC=C(CN=[N+]=[N-])C(C)(C)N=[N+]=[N-]. The van der Waals surface area contributed by atoms with Crippen LogP contribution in [0.15, 0.2) is 21.9 Å². The van der Waals surface area contributed by atoms with Crippen LogP contribution >= 0.6 is 0 Å². The molecular weight excluding hydrogens is 168 g/mol. The van der Waals surface area contributed by atoms with Crippen molar-refractivity contribution in [3.63, 3.8) is 0 Å². The number of hydrogen-bond acceptors (Lipinski definition) is 2. The van der Waals surface area contributed by atoms with Gasteiger partial charge in [0.15, 0.2) is 0 Å². The molecule has 0 spiro atoms. The topological polar surface area (TPSA) is 97.5 Å². The average Bonchev–Trinajstić information content (AvgIpc) is 2.05. The molecule has 6 nitrogen and oxygen atoms in total. The first-order valence-corrected chi connectivity index (χ1v) is 3.81. The van der Waals surface area contributed by atoms with Gasteiger partial charge in [-0.3, -0.25) is 0 Å². The first-order chi connectivity index (χ1) is 6.08. The van der Waals surface area contributed by atoms with Crippen LogP contribution in [0.4, 0.5) is 0 Å². The van der Waals surface area contributed by atoms with Gasteiger partial charge in [-0.2, -0.15) is 0 Å². The molecular formula is C7H12N6. The summed E-state index contributed by atoms with van der Waals surface area (Å²) in [6.45, 7) is 5.60. The Bertz CT molecular complexity index is 290. The van der Waals surface area contributed by atoms with Crippen molar-refractivity contribution in [2.75, 3.05) is 6.54 Å². The molecule has 0 fully saturated rings. The van der Waals surface area contributed by atoms with E-state index in [1.807, 2.05) is 6.92 Å². The van der Waals surface area contributed by atoms with Crippen LogP contribution < -0.4 is 0 Å². The Hall–Kier alpha value is -1.64. The van der Waals surface area contributed by atoms with Crippen molar-refractivity contribution in [3.05, 3.63) is 32.5 Å². The molecule has 0 heterocycles. The Morgan fingerprint density at radius 1 is 1.38 bits per heavy atom. The zero-order valence-corrected chi connectivity index (χ0v) is 7.97. The quantitative estimate of drug-likeness (QED) is 0.274. The molecule has 0 aliphatic rings. The highest BCUT2D eigenvalue weighted by atomic mass is 15.2. The average molecular weight is 180 g/mol. The molecule has 0 bridgehead atoms. The molecule has 0 aromatic heterocycles. The summed E-state index contributed by atoms with van der Waals surface area (Å²) < 4.78 is 0. The maximum Gasteiger partial charge on any atom is 0.0642 e. The van der Waals surface area contributed by atoms with E-state index in [0.717, 1.165) is 5.57 Å². The second kappa shape index (κ2) is 5.09. The highest BCUT2D eigenvalue weighted by Gasteiger charge is 2.19. The van der Waals surface area contributed by atoms with Gasteiger partial charge in [-0.05, 0) is 18.0 Å². The van der Waals surface area contributed by atoms with Crippen molar-refractivity contribution < 1.29 is 0 Å². The summed E-state index contributed by atoms with van der Waals surface area (Å²) in [6, 6.07) is 0. The van der Waals surface area contributed by atoms with E-state index in [0.29, 0.717) is 0 Å². The van der Waals surface area contributed by atoms with Crippen molar-refractivity contribution >= 4 is 0 Å². The van der Waals surface area contributed by atoms with Gasteiger partial charge in [0, 0.05) is 16.4 Å². The normalized spacial score (nSPS) is 11.5. The number of allylic oxidation sites excluding steroid dienone is 1. The minimum Gasteiger partial charge on any atom is -0.0896 e. The van der Waals surface area contributed by atoms with Gasteiger partial charge < -0.3 is 0 Å². The van der Waals surface area contributed by atoms with Crippen LogP contribution in [0.25, 0.3) is 20.9 Å². The Balaban J connectivity index is 4.76. The molecule has 0 aliphatic heterocycles. The van der Waals surface area contributed by atoms with Crippen molar-refractivity contribution in [1.29, 1.82) is 0 Å². The van der Waals surface area contributed by atoms with Crippen molar-refractivity contribution in [2.45, 2.75) is 26.3 Å². The third kappa shape index (κ3) is 3.51. The van der Waals surface area contributed by atoms with Gasteiger partial charge in [-0.25, -0.2) is 0 Å². The van der Waals surface area contributed by atoms with Crippen LogP contribution in [0.1, 0.15) is 20.8 Å². The smallest absolute Gasteiger partial charge is 0.0642 e. The number of rotatable bonds is 4. The van der Waals surface area contributed by atoms with E-state index in [2.05, 4.69) is 20.1 Å². The lowest BCUT2D eigenvalue weighted by Crippen LogP contribution is -2.20. The Morgan fingerprint density at radius 2 is 2.00 bits per heavy atom. The number of nitrogens with zero attached hydrogens (tertiary/aromatic N) is 6. The largest absolute Gasteiger partial charge is 0.0896 e. The molecule has 0 atom stereocenters. The van der Waals surface area contributed by atoms with Crippen LogP contribution in [0.2, 0.25) is 0 Å². The maximum atomic E-state index is 8.30. The summed E-state index contributed by atoms with van der Waals surface area (Å²) in [5.74, 6) is 0. The lowest BCUT2D eigenvalue weighted by molar-refractivity contribution is 0.594. The van der Waals surface area contributed by atoms with E-state index in [1.54, 1.807) is 19.9 Å². The van der Waals surface area contributed by atoms with Crippen LogP contribution in [-0.4, -0.2) is 12.1 Å². The molecule has 0 amide bonds. The molecule has 0 radical (unpaired) electrons. The maximum absolute atomic E-state index is 8.30. The summed E-state index contributed by atoms with van der Waals surface area (Å²) in [5.41, 5.74) is 16.6. The van der Waals surface area contributed by atoms with Crippen LogP contribution in [0.5, 0.6) is 0 Å². The third-order valence-electron chi connectivity index (χ3n) is 1.73. The molecule has 13 heavy (non-hydrogen) atoms. The first-order valence-electron chi connectivity index (χ1n) is 3.81. The van der Waals surface area contributed by atoms with Gasteiger partial charge in [0.25, 0.3) is 0 Å². The van der Waals surface area contributed by atoms with E-state index in [4.69, 9.17) is 11.1 Å². The van der Waals surface area contributed by atoms with Crippen molar-refractivity contribution in [3.8, 4) is 0 Å². The Labute approximate surface area is 76.5 Å². The van der Waals surface area contributed by atoms with Gasteiger partial charge in [0.1, 0.15) is 0 Å². The number of azide groups is 2. The molecule has 0 N–H and O–H groups in total. The van der Waals surface area contributed by atoms with E-state index in [-0.39, 0.29) is 6.54 Å². The highest BCUT2D eigenvalue weighted by molar-refractivity contribution is 5.18. The Kier molecular flexibility index (Phi) is 4.44.